The van der Waals surface area contributed by atoms with Crippen molar-refractivity contribution in [3.8, 4) is 0 Å². The Balaban J connectivity index is 2.24. The molecule has 0 saturated heterocycles. The molecule has 1 aromatic heterocycles. The van der Waals surface area contributed by atoms with Crippen LogP contribution in [0.15, 0.2) is 6.20 Å². The SMILES string of the molecule is CC(C)CNC(=O)NCCn1cc(C(=O)O)nn1. The zero-order valence-electron chi connectivity index (χ0n) is 10.4. The summed E-state index contributed by atoms with van der Waals surface area (Å²) >= 11 is 0. The van der Waals surface area contributed by atoms with Crippen LogP contribution in [0.3, 0.4) is 0 Å². The highest BCUT2D eigenvalue weighted by molar-refractivity contribution is 5.84. The number of carboxylic acid groups (broad SMARTS) is 1. The fourth-order valence-corrected chi connectivity index (χ4v) is 1.15. The van der Waals surface area contributed by atoms with Gasteiger partial charge in [-0.25, -0.2) is 14.3 Å². The van der Waals surface area contributed by atoms with Crippen LogP contribution in [0.4, 0.5) is 4.79 Å². The third-order valence-electron chi connectivity index (χ3n) is 2.06. The van der Waals surface area contributed by atoms with Gasteiger partial charge in [0.2, 0.25) is 0 Å². The molecule has 18 heavy (non-hydrogen) atoms. The maximum Gasteiger partial charge on any atom is 0.358 e. The molecule has 8 heteroatoms. The van der Waals surface area contributed by atoms with Crippen LogP contribution in [-0.2, 0) is 6.54 Å². The van der Waals surface area contributed by atoms with Crippen molar-refractivity contribution in [3.05, 3.63) is 11.9 Å². The molecule has 1 aromatic rings. The number of carboxylic acids is 1. The average Bonchev–Trinajstić information content (AvgIpc) is 2.75. The van der Waals surface area contributed by atoms with Crippen molar-refractivity contribution in [2.75, 3.05) is 13.1 Å². The van der Waals surface area contributed by atoms with E-state index in [2.05, 4.69) is 20.9 Å². The topological polar surface area (TPSA) is 109 Å². The summed E-state index contributed by atoms with van der Waals surface area (Å²) in [6.07, 6.45) is 1.32. The van der Waals surface area contributed by atoms with Gasteiger partial charge < -0.3 is 15.7 Å². The second-order valence-electron chi connectivity index (χ2n) is 4.20. The Morgan fingerprint density at radius 2 is 2.17 bits per heavy atom. The minimum Gasteiger partial charge on any atom is -0.476 e. The summed E-state index contributed by atoms with van der Waals surface area (Å²) in [6, 6.07) is -0.248. The number of carbonyl (C=O) groups is 2. The molecule has 0 radical (unpaired) electrons. The minimum absolute atomic E-state index is 0.112. The van der Waals surface area contributed by atoms with Gasteiger partial charge in [-0.2, -0.15) is 0 Å². The van der Waals surface area contributed by atoms with E-state index in [0.29, 0.717) is 25.6 Å². The zero-order chi connectivity index (χ0) is 13.5. The smallest absolute Gasteiger partial charge is 0.358 e. The minimum atomic E-state index is -1.12. The summed E-state index contributed by atoms with van der Waals surface area (Å²) in [6.45, 7) is 5.34. The second kappa shape index (κ2) is 6.58. The van der Waals surface area contributed by atoms with Crippen molar-refractivity contribution < 1.29 is 14.7 Å². The number of nitrogens with zero attached hydrogens (tertiary/aromatic N) is 3. The first-order valence-corrected chi connectivity index (χ1v) is 5.64. The van der Waals surface area contributed by atoms with Crippen LogP contribution >= 0.6 is 0 Å². The number of amides is 2. The molecule has 0 aliphatic rings. The van der Waals surface area contributed by atoms with Crippen LogP contribution in [-0.4, -0.2) is 45.2 Å². The molecule has 2 amide bonds. The molecule has 8 nitrogen and oxygen atoms in total. The Labute approximate surface area is 104 Å². The van der Waals surface area contributed by atoms with Crippen LogP contribution in [0, 0.1) is 5.92 Å². The Kier molecular flexibility index (Phi) is 5.09. The molecule has 1 rings (SSSR count). The van der Waals surface area contributed by atoms with Crippen molar-refractivity contribution >= 4 is 12.0 Å². The highest BCUT2D eigenvalue weighted by Gasteiger charge is 2.08. The van der Waals surface area contributed by atoms with Gasteiger partial charge in [0, 0.05) is 13.1 Å². The van der Waals surface area contributed by atoms with Crippen molar-refractivity contribution in [1.82, 2.24) is 25.6 Å². The number of aromatic nitrogens is 3. The van der Waals surface area contributed by atoms with Crippen LogP contribution in [0.25, 0.3) is 0 Å². The summed E-state index contributed by atoms with van der Waals surface area (Å²) < 4.78 is 1.37. The van der Waals surface area contributed by atoms with Crippen LogP contribution in [0.1, 0.15) is 24.3 Å². The van der Waals surface area contributed by atoms with Gasteiger partial charge in [0.15, 0.2) is 5.69 Å². The number of hydrogen-bond acceptors (Lipinski definition) is 4. The quantitative estimate of drug-likeness (QED) is 0.659. The molecule has 0 unspecified atom stereocenters. The Morgan fingerprint density at radius 1 is 1.44 bits per heavy atom. The number of rotatable bonds is 6. The number of urea groups is 1. The molecule has 0 aromatic carbocycles. The largest absolute Gasteiger partial charge is 0.476 e. The van der Waals surface area contributed by atoms with Crippen molar-refractivity contribution in [3.63, 3.8) is 0 Å². The van der Waals surface area contributed by atoms with Gasteiger partial charge in [-0.3, -0.25) is 0 Å². The Hall–Kier alpha value is -2.12. The summed E-state index contributed by atoms with van der Waals surface area (Å²) in [5, 5.41) is 21.1. The summed E-state index contributed by atoms with van der Waals surface area (Å²) in [5.41, 5.74) is -0.112. The molecule has 0 aliphatic carbocycles. The van der Waals surface area contributed by atoms with Gasteiger partial charge in [-0.1, -0.05) is 19.1 Å². The van der Waals surface area contributed by atoms with E-state index in [0.717, 1.165) is 0 Å². The predicted octanol–water partition coefficient (Wildman–Crippen LogP) is -0.0685. The van der Waals surface area contributed by atoms with E-state index < -0.39 is 5.97 Å². The first kappa shape index (κ1) is 13.9. The van der Waals surface area contributed by atoms with E-state index >= 15 is 0 Å². The molecule has 3 N–H and O–H groups in total. The third kappa shape index (κ3) is 4.81. The fraction of sp³-hybridized carbons (Fsp3) is 0.600. The number of aromatic carboxylic acids is 1. The van der Waals surface area contributed by atoms with E-state index in [9.17, 15) is 9.59 Å². The molecular weight excluding hydrogens is 238 g/mol. The highest BCUT2D eigenvalue weighted by atomic mass is 16.4. The predicted molar refractivity (Wildman–Crippen MR) is 63.2 cm³/mol. The van der Waals surface area contributed by atoms with Crippen LogP contribution in [0.2, 0.25) is 0 Å². The number of nitrogens with one attached hydrogen (secondary N) is 2. The molecule has 1 heterocycles. The normalized spacial score (nSPS) is 10.4. The molecule has 0 fully saturated rings. The lowest BCUT2D eigenvalue weighted by Gasteiger charge is -2.08. The Morgan fingerprint density at radius 3 is 2.72 bits per heavy atom. The maximum absolute atomic E-state index is 11.3. The molecule has 0 bridgehead atoms. The number of carbonyl (C=O) groups excluding carboxylic acids is 1. The molecule has 0 atom stereocenters. The van der Waals surface area contributed by atoms with Gasteiger partial charge in [-0.15, -0.1) is 5.10 Å². The molecule has 0 spiro atoms. The maximum atomic E-state index is 11.3. The number of hydrogen-bond donors (Lipinski definition) is 3. The van der Waals surface area contributed by atoms with Crippen LogP contribution < -0.4 is 10.6 Å². The van der Waals surface area contributed by atoms with E-state index in [1.165, 1.54) is 10.9 Å². The lowest BCUT2D eigenvalue weighted by Crippen LogP contribution is -2.38. The Bertz CT molecular complexity index is 415. The van der Waals surface area contributed by atoms with Crippen LogP contribution in [0.5, 0.6) is 0 Å². The van der Waals surface area contributed by atoms with Gasteiger partial charge in [0.25, 0.3) is 0 Å². The van der Waals surface area contributed by atoms with Gasteiger partial charge in [0.1, 0.15) is 0 Å². The summed E-state index contributed by atoms with van der Waals surface area (Å²) in [7, 11) is 0. The third-order valence-corrected chi connectivity index (χ3v) is 2.06. The molecule has 0 saturated carbocycles. The van der Waals surface area contributed by atoms with Crippen molar-refractivity contribution in [2.24, 2.45) is 5.92 Å². The van der Waals surface area contributed by atoms with E-state index in [1.807, 2.05) is 13.8 Å². The van der Waals surface area contributed by atoms with Gasteiger partial charge in [0.05, 0.1) is 12.7 Å². The van der Waals surface area contributed by atoms with Crippen molar-refractivity contribution in [1.29, 1.82) is 0 Å². The van der Waals surface area contributed by atoms with E-state index in [-0.39, 0.29) is 11.7 Å². The fourth-order valence-electron chi connectivity index (χ4n) is 1.15. The first-order valence-electron chi connectivity index (χ1n) is 5.64. The van der Waals surface area contributed by atoms with Crippen molar-refractivity contribution in [2.45, 2.75) is 20.4 Å². The van der Waals surface area contributed by atoms with E-state index in [1.54, 1.807) is 0 Å². The second-order valence-corrected chi connectivity index (χ2v) is 4.20. The summed E-state index contributed by atoms with van der Waals surface area (Å²) in [4.78, 5) is 21.8. The van der Waals surface area contributed by atoms with Gasteiger partial charge >= 0.3 is 12.0 Å². The van der Waals surface area contributed by atoms with Gasteiger partial charge in [-0.05, 0) is 5.92 Å². The zero-order valence-corrected chi connectivity index (χ0v) is 10.4. The monoisotopic (exact) mass is 255 g/mol. The molecule has 100 valence electrons. The summed E-state index contributed by atoms with van der Waals surface area (Å²) in [5.74, 6) is -0.729. The highest BCUT2D eigenvalue weighted by Crippen LogP contribution is 1.91. The van der Waals surface area contributed by atoms with E-state index in [4.69, 9.17) is 5.11 Å². The lowest BCUT2D eigenvalue weighted by atomic mass is 10.2. The lowest BCUT2D eigenvalue weighted by molar-refractivity contribution is 0.0690. The molecular formula is C10H17N5O3. The standard InChI is InChI=1S/C10H17N5O3/c1-7(2)5-12-10(18)11-3-4-15-6-8(9(16)17)13-14-15/h6-7H,3-5H2,1-2H3,(H,16,17)(H2,11,12,18). The molecule has 0 aliphatic heterocycles. The average molecular weight is 255 g/mol. The first-order chi connectivity index (χ1) is 8.49.